The number of nitrogens with one attached hydrogen (secondary N) is 2. The fraction of sp³-hybridized carbons (Fsp3) is 0.333. The van der Waals surface area contributed by atoms with Crippen LogP contribution in [0, 0.1) is 0 Å². The summed E-state index contributed by atoms with van der Waals surface area (Å²) < 4.78 is 5.21. The van der Waals surface area contributed by atoms with E-state index in [1.165, 1.54) is 7.11 Å². The standard InChI is InChI=1S/C21H21N5O4/c1-30-14-4-2-12-10-26(17(27)15(12)8-14)11-21(18(28)24-19(29)25-21)13-3-5-16(23-9-13)20(22)6-7-20/h2-5,8-9H,6-7,10-11,22H2,1H3,(H2,24,25,28,29)/t21-/m0/s1. The SMILES string of the molecule is COc1ccc2c(c1)C(=O)N(C[C@@]1(c3ccc(C4(N)CC4)nc3)NC(=O)NC1=O)C2. The number of fused-ring (bicyclic) bond motifs is 1. The molecule has 1 saturated heterocycles. The van der Waals surface area contributed by atoms with Gasteiger partial charge in [0.2, 0.25) is 0 Å². The fourth-order valence-electron chi connectivity index (χ4n) is 4.11. The van der Waals surface area contributed by atoms with Crippen LogP contribution >= 0.6 is 0 Å². The van der Waals surface area contributed by atoms with Gasteiger partial charge in [-0.25, -0.2) is 4.79 Å². The van der Waals surface area contributed by atoms with Gasteiger partial charge in [-0.05, 0) is 36.6 Å². The zero-order valence-corrected chi connectivity index (χ0v) is 16.4. The van der Waals surface area contributed by atoms with Crippen LogP contribution in [0.3, 0.4) is 0 Å². The summed E-state index contributed by atoms with van der Waals surface area (Å²) in [6.45, 7) is 0.315. The number of methoxy groups -OCH3 is 1. The van der Waals surface area contributed by atoms with Gasteiger partial charge < -0.3 is 20.7 Å². The number of amides is 4. The van der Waals surface area contributed by atoms with E-state index in [4.69, 9.17) is 10.5 Å². The largest absolute Gasteiger partial charge is 0.497 e. The number of nitrogens with two attached hydrogens (primary N) is 1. The molecule has 9 heteroatoms. The summed E-state index contributed by atoms with van der Waals surface area (Å²) >= 11 is 0. The number of pyridine rings is 1. The van der Waals surface area contributed by atoms with Crippen LogP contribution in [0.25, 0.3) is 0 Å². The molecule has 4 N–H and O–H groups in total. The average molecular weight is 407 g/mol. The molecule has 1 aliphatic carbocycles. The van der Waals surface area contributed by atoms with E-state index >= 15 is 0 Å². The van der Waals surface area contributed by atoms with Crippen molar-refractivity contribution >= 4 is 17.8 Å². The van der Waals surface area contributed by atoms with Gasteiger partial charge in [0.05, 0.1) is 24.9 Å². The van der Waals surface area contributed by atoms with E-state index in [2.05, 4.69) is 15.6 Å². The molecule has 1 atom stereocenters. The minimum atomic E-state index is -1.42. The molecule has 2 aliphatic heterocycles. The fourth-order valence-corrected chi connectivity index (χ4v) is 4.11. The second kappa shape index (κ2) is 6.27. The van der Waals surface area contributed by atoms with Crippen LogP contribution in [-0.2, 0) is 22.4 Å². The first kappa shape index (κ1) is 18.6. The van der Waals surface area contributed by atoms with Crippen molar-refractivity contribution < 1.29 is 19.1 Å². The quantitative estimate of drug-likeness (QED) is 0.627. The van der Waals surface area contributed by atoms with E-state index in [1.807, 2.05) is 6.07 Å². The van der Waals surface area contributed by atoms with E-state index in [0.29, 0.717) is 23.4 Å². The molecule has 2 fully saturated rings. The van der Waals surface area contributed by atoms with Gasteiger partial charge in [-0.3, -0.25) is 19.9 Å². The lowest BCUT2D eigenvalue weighted by atomic mass is 9.90. The van der Waals surface area contributed by atoms with Crippen LogP contribution in [0.15, 0.2) is 36.5 Å². The molecular weight excluding hydrogens is 386 g/mol. The molecule has 0 spiro atoms. The molecule has 5 rings (SSSR count). The van der Waals surface area contributed by atoms with Crippen LogP contribution in [0.4, 0.5) is 4.79 Å². The Labute approximate surface area is 172 Å². The molecule has 1 aromatic heterocycles. The summed E-state index contributed by atoms with van der Waals surface area (Å²) in [6, 6.07) is 8.24. The number of carbonyl (C=O) groups is 3. The third kappa shape index (κ3) is 2.73. The number of nitrogens with zero attached hydrogens (tertiary/aromatic N) is 2. The van der Waals surface area contributed by atoms with Gasteiger partial charge in [0.25, 0.3) is 11.8 Å². The third-order valence-corrected chi connectivity index (χ3v) is 6.12. The minimum absolute atomic E-state index is 0.0187. The summed E-state index contributed by atoms with van der Waals surface area (Å²) in [5.41, 5.74) is 7.00. The molecule has 0 unspecified atom stereocenters. The van der Waals surface area contributed by atoms with Crippen molar-refractivity contribution in [3.05, 3.63) is 58.9 Å². The second-order valence-corrected chi connectivity index (χ2v) is 8.09. The van der Waals surface area contributed by atoms with Crippen molar-refractivity contribution in [2.45, 2.75) is 30.5 Å². The van der Waals surface area contributed by atoms with Gasteiger partial charge in [0.1, 0.15) is 5.75 Å². The van der Waals surface area contributed by atoms with Gasteiger partial charge in [-0.2, -0.15) is 0 Å². The highest BCUT2D eigenvalue weighted by Gasteiger charge is 2.51. The maximum Gasteiger partial charge on any atom is 0.322 e. The second-order valence-electron chi connectivity index (χ2n) is 8.09. The first-order valence-corrected chi connectivity index (χ1v) is 9.70. The third-order valence-electron chi connectivity index (χ3n) is 6.12. The molecule has 1 saturated carbocycles. The summed E-state index contributed by atoms with van der Waals surface area (Å²) in [7, 11) is 1.54. The lowest BCUT2D eigenvalue weighted by molar-refractivity contribution is -0.124. The van der Waals surface area contributed by atoms with Crippen LogP contribution in [0.5, 0.6) is 5.75 Å². The van der Waals surface area contributed by atoms with E-state index < -0.39 is 23.0 Å². The van der Waals surface area contributed by atoms with E-state index in [1.54, 1.807) is 35.4 Å². The number of ether oxygens (including phenoxy) is 1. The number of hydrogen-bond donors (Lipinski definition) is 3. The molecule has 4 amide bonds. The van der Waals surface area contributed by atoms with Gasteiger partial charge in [0, 0.05) is 23.9 Å². The van der Waals surface area contributed by atoms with Crippen molar-refractivity contribution in [1.29, 1.82) is 0 Å². The molecule has 0 radical (unpaired) electrons. The Balaban J connectivity index is 1.48. The molecule has 0 bridgehead atoms. The highest BCUT2D eigenvalue weighted by atomic mass is 16.5. The Morgan fingerprint density at radius 3 is 2.60 bits per heavy atom. The van der Waals surface area contributed by atoms with E-state index in [0.717, 1.165) is 24.1 Å². The van der Waals surface area contributed by atoms with Crippen LogP contribution in [-0.4, -0.2) is 41.4 Å². The van der Waals surface area contributed by atoms with Crippen LogP contribution < -0.4 is 21.1 Å². The zero-order valence-electron chi connectivity index (χ0n) is 16.4. The molecule has 1 aromatic carbocycles. The first-order chi connectivity index (χ1) is 14.3. The Kier molecular flexibility index (Phi) is 3.88. The maximum atomic E-state index is 13.0. The zero-order chi connectivity index (χ0) is 21.1. The van der Waals surface area contributed by atoms with Crippen LogP contribution in [0.1, 0.15) is 40.0 Å². The highest BCUT2D eigenvalue weighted by molar-refractivity contribution is 6.08. The predicted octanol–water partition coefficient (Wildman–Crippen LogP) is 0.729. The van der Waals surface area contributed by atoms with Gasteiger partial charge in [-0.15, -0.1) is 0 Å². The highest BCUT2D eigenvalue weighted by Crippen LogP contribution is 2.42. The smallest absolute Gasteiger partial charge is 0.322 e. The number of benzene rings is 1. The van der Waals surface area contributed by atoms with Crippen LogP contribution in [0.2, 0.25) is 0 Å². The van der Waals surface area contributed by atoms with E-state index in [-0.39, 0.29) is 12.5 Å². The number of hydrogen-bond acceptors (Lipinski definition) is 6. The minimum Gasteiger partial charge on any atom is -0.497 e. The Morgan fingerprint density at radius 2 is 2.00 bits per heavy atom. The van der Waals surface area contributed by atoms with Gasteiger partial charge in [-0.1, -0.05) is 12.1 Å². The predicted molar refractivity (Wildman–Crippen MR) is 105 cm³/mol. The van der Waals surface area contributed by atoms with Crippen molar-refractivity contribution in [1.82, 2.24) is 20.5 Å². The summed E-state index contributed by atoms with van der Waals surface area (Å²) in [5.74, 6) is -0.154. The van der Waals surface area contributed by atoms with E-state index in [9.17, 15) is 14.4 Å². The van der Waals surface area contributed by atoms with Crippen molar-refractivity contribution in [2.75, 3.05) is 13.7 Å². The first-order valence-electron chi connectivity index (χ1n) is 9.70. The van der Waals surface area contributed by atoms with Crippen molar-refractivity contribution in [3.8, 4) is 5.75 Å². The molecule has 9 nitrogen and oxygen atoms in total. The van der Waals surface area contributed by atoms with Crippen molar-refractivity contribution in [2.24, 2.45) is 5.73 Å². The normalized spacial score (nSPS) is 23.8. The molecule has 154 valence electrons. The Morgan fingerprint density at radius 1 is 1.20 bits per heavy atom. The number of urea groups is 1. The maximum absolute atomic E-state index is 13.0. The number of aromatic nitrogens is 1. The van der Waals surface area contributed by atoms with Gasteiger partial charge in [0.15, 0.2) is 5.54 Å². The lowest BCUT2D eigenvalue weighted by Crippen LogP contribution is -2.52. The van der Waals surface area contributed by atoms with Crippen molar-refractivity contribution in [3.63, 3.8) is 0 Å². The molecular formula is C21H21N5O4. The molecule has 2 aromatic rings. The summed E-state index contributed by atoms with van der Waals surface area (Å²) in [6.07, 6.45) is 3.29. The number of rotatable bonds is 5. The monoisotopic (exact) mass is 407 g/mol. The molecule has 3 aliphatic rings. The van der Waals surface area contributed by atoms with Gasteiger partial charge >= 0.3 is 6.03 Å². The summed E-state index contributed by atoms with van der Waals surface area (Å²) in [4.78, 5) is 43.9. The molecule has 30 heavy (non-hydrogen) atoms. The Hall–Kier alpha value is -3.46. The number of carbonyl (C=O) groups excluding carboxylic acids is 3. The average Bonchev–Trinajstić information content (AvgIpc) is 3.33. The topological polar surface area (TPSA) is 127 Å². The molecule has 3 heterocycles. The Bertz CT molecular complexity index is 1080. The summed E-state index contributed by atoms with van der Waals surface area (Å²) in [5, 5.41) is 5.01. The lowest BCUT2D eigenvalue weighted by Gasteiger charge is -2.31. The number of imide groups is 1.